The van der Waals surface area contributed by atoms with Crippen LogP contribution in [0.15, 0.2) is 77.2 Å². The summed E-state index contributed by atoms with van der Waals surface area (Å²) in [7, 11) is 1.64. The molecule has 1 aromatic heterocycles. The van der Waals surface area contributed by atoms with Gasteiger partial charge in [0.05, 0.1) is 7.11 Å². The summed E-state index contributed by atoms with van der Waals surface area (Å²) >= 11 is 0. The monoisotopic (exact) mass is 439 g/mol. The molecule has 0 spiro atoms. The molecular formula is C27H25N3O3. The first-order chi connectivity index (χ1) is 16.2. The van der Waals surface area contributed by atoms with Crippen LogP contribution in [0.4, 0.5) is 6.01 Å². The van der Waals surface area contributed by atoms with Gasteiger partial charge in [0.1, 0.15) is 11.3 Å². The third-order valence-electron chi connectivity index (χ3n) is 6.87. The highest BCUT2D eigenvalue weighted by Gasteiger charge is 2.43. The minimum absolute atomic E-state index is 0.115. The highest BCUT2D eigenvalue weighted by atomic mass is 16.5. The first kappa shape index (κ1) is 19.9. The number of benzene rings is 3. The normalized spacial score (nSPS) is 19.8. The van der Waals surface area contributed by atoms with Gasteiger partial charge in [-0.15, -0.1) is 0 Å². The van der Waals surface area contributed by atoms with Crippen molar-refractivity contribution in [1.29, 1.82) is 0 Å². The number of fused-ring (bicyclic) bond motifs is 2. The molecule has 3 heterocycles. The first-order valence-electron chi connectivity index (χ1n) is 11.3. The molecule has 0 aliphatic carbocycles. The summed E-state index contributed by atoms with van der Waals surface area (Å²) in [5.74, 6) is 1.71. The van der Waals surface area contributed by atoms with E-state index in [0.717, 1.165) is 59.7 Å². The molecule has 1 amide bonds. The molecule has 2 aliphatic rings. The number of aromatic nitrogens is 1. The molecule has 4 aromatic rings. The second-order valence-electron chi connectivity index (χ2n) is 8.88. The number of rotatable bonds is 4. The second kappa shape index (κ2) is 7.96. The average Bonchev–Trinajstić information content (AvgIpc) is 3.56. The molecule has 0 radical (unpaired) electrons. The molecule has 6 rings (SSSR count). The predicted molar refractivity (Wildman–Crippen MR) is 128 cm³/mol. The van der Waals surface area contributed by atoms with Crippen molar-refractivity contribution in [1.82, 2.24) is 9.88 Å². The fourth-order valence-electron chi connectivity index (χ4n) is 5.18. The maximum absolute atomic E-state index is 13.5. The van der Waals surface area contributed by atoms with E-state index in [-0.39, 0.29) is 5.91 Å². The van der Waals surface area contributed by atoms with Crippen LogP contribution >= 0.6 is 0 Å². The Morgan fingerprint density at radius 3 is 2.42 bits per heavy atom. The molecule has 2 atom stereocenters. The number of anilines is 1. The minimum Gasteiger partial charge on any atom is -0.497 e. The van der Waals surface area contributed by atoms with Gasteiger partial charge < -0.3 is 19.0 Å². The van der Waals surface area contributed by atoms with Gasteiger partial charge in [0.25, 0.3) is 11.9 Å². The number of hydrogen-bond acceptors (Lipinski definition) is 5. The average molecular weight is 440 g/mol. The highest BCUT2D eigenvalue weighted by Crippen LogP contribution is 2.36. The molecule has 6 heteroatoms. The summed E-state index contributed by atoms with van der Waals surface area (Å²) in [5.41, 5.74) is 4.39. The van der Waals surface area contributed by atoms with Crippen LogP contribution in [-0.4, -0.2) is 49.1 Å². The van der Waals surface area contributed by atoms with Gasteiger partial charge in [-0.2, -0.15) is 4.98 Å². The van der Waals surface area contributed by atoms with E-state index in [1.165, 1.54) is 0 Å². The third kappa shape index (κ3) is 3.52. The lowest BCUT2D eigenvalue weighted by Gasteiger charge is -2.22. The van der Waals surface area contributed by atoms with Gasteiger partial charge >= 0.3 is 0 Å². The highest BCUT2D eigenvalue weighted by molar-refractivity contribution is 6.01. The Kier molecular flexibility index (Phi) is 4.79. The van der Waals surface area contributed by atoms with E-state index in [1.807, 2.05) is 65.6 Å². The van der Waals surface area contributed by atoms with Crippen molar-refractivity contribution in [2.45, 2.75) is 0 Å². The number of hydrogen-bond donors (Lipinski definition) is 0. The van der Waals surface area contributed by atoms with Crippen LogP contribution in [0.1, 0.15) is 10.4 Å². The Bertz CT molecular complexity index is 1300. The number of nitrogens with zero attached hydrogens (tertiary/aromatic N) is 3. The fraction of sp³-hybridized carbons (Fsp3) is 0.259. The zero-order valence-corrected chi connectivity index (χ0v) is 18.5. The molecule has 166 valence electrons. The molecule has 2 aliphatic heterocycles. The number of methoxy groups -OCH3 is 1. The van der Waals surface area contributed by atoms with Gasteiger partial charge in [0, 0.05) is 49.6 Å². The van der Waals surface area contributed by atoms with Gasteiger partial charge in [-0.25, -0.2) is 0 Å². The van der Waals surface area contributed by atoms with Crippen molar-refractivity contribution < 1.29 is 13.9 Å². The molecular weight excluding hydrogens is 414 g/mol. The number of oxazole rings is 1. The smallest absolute Gasteiger partial charge is 0.298 e. The maximum Gasteiger partial charge on any atom is 0.298 e. The van der Waals surface area contributed by atoms with Crippen molar-refractivity contribution >= 4 is 23.0 Å². The summed E-state index contributed by atoms with van der Waals surface area (Å²) in [6, 6.07) is 24.4. The van der Waals surface area contributed by atoms with Gasteiger partial charge in [-0.3, -0.25) is 4.79 Å². The predicted octanol–water partition coefficient (Wildman–Crippen LogP) is 4.71. The lowest BCUT2D eigenvalue weighted by molar-refractivity contribution is 0.0783. The quantitative estimate of drug-likeness (QED) is 0.461. The lowest BCUT2D eigenvalue weighted by Crippen LogP contribution is -2.33. The largest absolute Gasteiger partial charge is 0.497 e. The Hall–Kier alpha value is -3.80. The van der Waals surface area contributed by atoms with E-state index in [9.17, 15) is 4.79 Å². The van der Waals surface area contributed by atoms with Gasteiger partial charge in [0.2, 0.25) is 0 Å². The Labute approximate surface area is 192 Å². The Morgan fingerprint density at radius 1 is 0.939 bits per heavy atom. The van der Waals surface area contributed by atoms with Crippen LogP contribution in [-0.2, 0) is 0 Å². The van der Waals surface area contributed by atoms with Crippen LogP contribution in [0.2, 0.25) is 0 Å². The molecule has 2 fully saturated rings. The van der Waals surface area contributed by atoms with E-state index in [2.05, 4.69) is 22.0 Å². The van der Waals surface area contributed by atoms with E-state index < -0.39 is 0 Å². The van der Waals surface area contributed by atoms with Crippen molar-refractivity contribution in [3.8, 4) is 16.9 Å². The SMILES string of the molecule is COc1ccc2nc(N3CC4CN(C(=O)c5ccccc5-c5ccccc5)CC4C3)oc2c1. The van der Waals surface area contributed by atoms with Crippen LogP contribution in [0.25, 0.3) is 22.2 Å². The van der Waals surface area contributed by atoms with Crippen LogP contribution in [0, 0.1) is 11.8 Å². The molecule has 0 N–H and O–H groups in total. The molecule has 2 saturated heterocycles. The summed E-state index contributed by atoms with van der Waals surface area (Å²) in [4.78, 5) is 22.4. The van der Waals surface area contributed by atoms with Crippen molar-refractivity contribution in [2.75, 3.05) is 38.2 Å². The standard InChI is InChI=1S/C27H25N3O3/c1-32-21-11-12-24-25(13-21)33-27(28-24)30-16-19-14-29(15-20(19)17-30)26(31)23-10-6-5-9-22(23)18-7-3-2-4-8-18/h2-13,19-20H,14-17H2,1H3. The fourth-order valence-corrected chi connectivity index (χ4v) is 5.18. The first-order valence-corrected chi connectivity index (χ1v) is 11.3. The van der Waals surface area contributed by atoms with Crippen LogP contribution in [0.5, 0.6) is 5.75 Å². The van der Waals surface area contributed by atoms with E-state index in [4.69, 9.17) is 9.15 Å². The number of amides is 1. The van der Waals surface area contributed by atoms with E-state index in [1.54, 1.807) is 7.11 Å². The number of carbonyl (C=O) groups excluding carboxylic acids is 1. The van der Waals surface area contributed by atoms with Crippen LogP contribution < -0.4 is 9.64 Å². The van der Waals surface area contributed by atoms with Gasteiger partial charge in [-0.05, 0) is 29.3 Å². The molecule has 0 bridgehead atoms. The van der Waals surface area contributed by atoms with E-state index in [0.29, 0.717) is 17.9 Å². The maximum atomic E-state index is 13.5. The molecule has 2 unspecified atom stereocenters. The second-order valence-corrected chi connectivity index (χ2v) is 8.88. The Balaban J connectivity index is 1.18. The third-order valence-corrected chi connectivity index (χ3v) is 6.87. The lowest BCUT2D eigenvalue weighted by atomic mass is 9.99. The summed E-state index contributed by atoms with van der Waals surface area (Å²) in [5, 5.41) is 0. The van der Waals surface area contributed by atoms with Gasteiger partial charge in [0.15, 0.2) is 5.58 Å². The number of carbonyl (C=O) groups is 1. The topological polar surface area (TPSA) is 58.8 Å². The molecule has 33 heavy (non-hydrogen) atoms. The summed E-state index contributed by atoms with van der Waals surface area (Å²) < 4.78 is 11.3. The zero-order valence-electron chi connectivity index (χ0n) is 18.5. The molecule has 3 aromatic carbocycles. The Morgan fingerprint density at radius 2 is 1.67 bits per heavy atom. The van der Waals surface area contributed by atoms with Crippen molar-refractivity contribution in [2.24, 2.45) is 11.8 Å². The summed E-state index contributed by atoms with van der Waals surface area (Å²) in [6.45, 7) is 3.21. The summed E-state index contributed by atoms with van der Waals surface area (Å²) in [6.07, 6.45) is 0. The number of likely N-dealkylation sites (tertiary alicyclic amines) is 1. The van der Waals surface area contributed by atoms with Crippen molar-refractivity contribution in [3.63, 3.8) is 0 Å². The molecule has 0 saturated carbocycles. The minimum atomic E-state index is 0.115. The van der Waals surface area contributed by atoms with E-state index >= 15 is 0 Å². The zero-order chi connectivity index (χ0) is 22.4. The number of ether oxygens (including phenoxy) is 1. The molecule has 6 nitrogen and oxygen atoms in total. The van der Waals surface area contributed by atoms with Gasteiger partial charge in [-0.1, -0.05) is 48.5 Å². The van der Waals surface area contributed by atoms with Crippen molar-refractivity contribution in [3.05, 3.63) is 78.4 Å². The van der Waals surface area contributed by atoms with Crippen LogP contribution in [0.3, 0.4) is 0 Å².